The first-order valence-corrected chi connectivity index (χ1v) is 9.50. The zero-order chi connectivity index (χ0) is 19.2. The van der Waals surface area contributed by atoms with Gasteiger partial charge in [0.1, 0.15) is 5.82 Å². The monoisotopic (exact) mass is 378 g/mol. The van der Waals surface area contributed by atoms with Crippen molar-refractivity contribution in [3.63, 3.8) is 0 Å². The van der Waals surface area contributed by atoms with Gasteiger partial charge in [-0.2, -0.15) is 0 Å². The molecule has 0 saturated heterocycles. The van der Waals surface area contributed by atoms with Gasteiger partial charge >= 0.3 is 0 Å². The fourth-order valence-corrected chi connectivity index (χ4v) is 3.45. The second kappa shape index (κ2) is 8.57. The van der Waals surface area contributed by atoms with Crippen LogP contribution in [0.3, 0.4) is 0 Å². The van der Waals surface area contributed by atoms with Crippen LogP contribution < -0.4 is 5.32 Å². The summed E-state index contributed by atoms with van der Waals surface area (Å²) in [7, 11) is -2.14. The topological polar surface area (TPSA) is 83.6 Å². The Bertz CT molecular complexity index is 868. The number of amides is 2. The molecule has 0 fully saturated rings. The van der Waals surface area contributed by atoms with Gasteiger partial charge in [-0.05, 0) is 36.4 Å². The van der Waals surface area contributed by atoms with E-state index in [1.54, 1.807) is 18.2 Å². The highest BCUT2D eigenvalue weighted by atomic mass is 32.2. The molecule has 0 bridgehead atoms. The van der Waals surface area contributed by atoms with E-state index in [4.69, 9.17) is 0 Å². The summed E-state index contributed by atoms with van der Waals surface area (Å²) in [5.41, 5.74) is 0.406. The molecular weight excluding hydrogens is 359 g/mol. The number of hydrogen-bond donors (Lipinski definition) is 1. The third-order valence-corrected chi connectivity index (χ3v) is 5.35. The number of anilines is 1. The highest BCUT2D eigenvalue weighted by Gasteiger charge is 2.19. The SMILES string of the molecule is CN(CC(=O)Nc1ccc(F)cc1)C(=O)CCS(=O)(=O)c1ccccc1. The summed E-state index contributed by atoms with van der Waals surface area (Å²) >= 11 is 0. The smallest absolute Gasteiger partial charge is 0.243 e. The average Bonchev–Trinajstić information content (AvgIpc) is 2.62. The Morgan fingerprint density at radius 3 is 2.27 bits per heavy atom. The first-order valence-electron chi connectivity index (χ1n) is 7.85. The van der Waals surface area contributed by atoms with Gasteiger partial charge in [0, 0.05) is 19.2 Å². The Kier molecular flexibility index (Phi) is 6.46. The molecule has 138 valence electrons. The molecule has 2 aromatic carbocycles. The minimum absolute atomic E-state index is 0.157. The Labute approximate surface area is 151 Å². The molecule has 26 heavy (non-hydrogen) atoms. The van der Waals surface area contributed by atoms with Gasteiger partial charge in [0.15, 0.2) is 9.84 Å². The second-order valence-electron chi connectivity index (χ2n) is 5.69. The molecule has 2 rings (SSSR count). The van der Waals surface area contributed by atoms with Gasteiger partial charge in [0.05, 0.1) is 17.2 Å². The summed E-state index contributed by atoms with van der Waals surface area (Å²) in [6, 6.07) is 13.1. The number of likely N-dealkylation sites (N-methyl/N-ethyl adjacent to an activating group) is 1. The van der Waals surface area contributed by atoms with Crippen molar-refractivity contribution >= 4 is 27.3 Å². The Morgan fingerprint density at radius 1 is 1.04 bits per heavy atom. The highest BCUT2D eigenvalue weighted by Crippen LogP contribution is 2.12. The van der Waals surface area contributed by atoms with Crippen molar-refractivity contribution in [2.45, 2.75) is 11.3 Å². The largest absolute Gasteiger partial charge is 0.336 e. The third-order valence-electron chi connectivity index (χ3n) is 3.62. The van der Waals surface area contributed by atoms with Crippen LogP contribution >= 0.6 is 0 Å². The first kappa shape index (κ1) is 19.6. The van der Waals surface area contributed by atoms with Gasteiger partial charge < -0.3 is 10.2 Å². The summed E-state index contributed by atoms with van der Waals surface area (Å²) in [6.45, 7) is -0.235. The quantitative estimate of drug-likeness (QED) is 0.800. The number of halogens is 1. The van der Waals surface area contributed by atoms with Gasteiger partial charge in [0.25, 0.3) is 0 Å². The van der Waals surface area contributed by atoms with Crippen molar-refractivity contribution in [3.05, 3.63) is 60.4 Å². The van der Waals surface area contributed by atoms with Crippen molar-refractivity contribution in [2.75, 3.05) is 24.7 Å². The zero-order valence-corrected chi connectivity index (χ0v) is 15.0. The van der Waals surface area contributed by atoms with E-state index in [1.165, 1.54) is 43.4 Å². The van der Waals surface area contributed by atoms with Crippen LogP contribution in [-0.2, 0) is 19.4 Å². The highest BCUT2D eigenvalue weighted by molar-refractivity contribution is 7.91. The molecule has 0 aliphatic heterocycles. The fraction of sp³-hybridized carbons (Fsp3) is 0.222. The van der Waals surface area contributed by atoms with Crippen LogP contribution in [-0.4, -0.2) is 44.5 Å². The van der Waals surface area contributed by atoms with Gasteiger partial charge in [-0.25, -0.2) is 12.8 Å². The number of sulfone groups is 1. The maximum Gasteiger partial charge on any atom is 0.243 e. The zero-order valence-electron chi connectivity index (χ0n) is 14.2. The fourth-order valence-electron chi connectivity index (χ4n) is 2.20. The van der Waals surface area contributed by atoms with Crippen molar-refractivity contribution in [1.29, 1.82) is 0 Å². The molecule has 0 atom stereocenters. The van der Waals surface area contributed by atoms with Crippen LogP contribution in [0.1, 0.15) is 6.42 Å². The van der Waals surface area contributed by atoms with Gasteiger partial charge in [-0.15, -0.1) is 0 Å². The summed E-state index contributed by atoms with van der Waals surface area (Å²) in [4.78, 5) is 25.3. The van der Waals surface area contributed by atoms with Gasteiger partial charge in [-0.1, -0.05) is 18.2 Å². The van der Waals surface area contributed by atoms with E-state index < -0.39 is 27.5 Å². The van der Waals surface area contributed by atoms with E-state index in [-0.39, 0.29) is 23.6 Å². The third kappa shape index (κ3) is 5.66. The lowest BCUT2D eigenvalue weighted by molar-refractivity contribution is -0.132. The van der Waals surface area contributed by atoms with Crippen LogP contribution in [0.25, 0.3) is 0 Å². The summed E-state index contributed by atoms with van der Waals surface area (Å²) in [6.07, 6.45) is -0.225. The van der Waals surface area contributed by atoms with E-state index in [9.17, 15) is 22.4 Å². The van der Waals surface area contributed by atoms with E-state index in [0.29, 0.717) is 5.69 Å². The van der Waals surface area contributed by atoms with Crippen LogP contribution in [0, 0.1) is 5.82 Å². The molecule has 0 radical (unpaired) electrons. The predicted molar refractivity (Wildman–Crippen MR) is 95.8 cm³/mol. The molecule has 6 nitrogen and oxygen atoms in total. The first-order chi connectivity index (χ1) is 12.3. The maximum atomic E-state index is 12.8. The van der Waals surface area contributed by atoms with Crippen molar-refractivity contribution < 1.29 is 22.4 Å². The van der Waals surface area contributed by atoms with E-state index in [2.05, 4.69) is 5.32 Å². The van der Waals surface area contributed by atoms with E-state index in [1.807, 2.05) is 0 Å². The van der Waals surface area contributed by atoms with Gasteiger partial charge in [-0.3, -0.25) is 9.59 Å². The number of carbonyl (C=O) groups is 2. The molecule has 1 N–H and O–H groups in total. The van der Waals surface area contributed by atoms with Crippen molar-refractivity contribution in [1.82, 2.24) is 4.90 Å². The number of hydrogen-bond acceptors (Lipinski definition) is 4. The van der Waals surface area contributed by atoms with Crippen molar-refractivity contribution in [2.24, 2.45) is 0 Å². The predicted octanol–water partition coefficient (Wildman–Crippen LogP) is 2.09. The van der Waals surface area contributed by atoms with Crippen molar-refractivity contribution in [3.8, 4) is 0 Å². The van der Waals surface area contributed by atoms with Crippen LogP contribution in [0.2, 0.25) is 0 Å². The Hall–Kier alpha value is -2.74. The lowest BCUT2D eigenvalue weighted by Crippen LogP contribution is -2.35. The Morgan fingerprint density at radius 2 is 1.65 bits per heavy atom. The molecule has 2 aromatic rings. The number of carbonyl (C=O) groups excluding carboxylic acids is 2. The number of nitrogens with zero attached hydrogens (tertiary/aromatic N) is 1. The molecule has 8 heteroatoms. The lowest BCUT2D eigenvalue weighted by Gasteiger charge is -2.17. The van der Waals surface area contributed by atoms with E-state index >= 15 is 0 Å². The molecule has 0 saturated carbocycles. The lowest BCUT2D eigenvalue weighted by atomic mass is 10.3. The molecule has 2 amide bonds. The Balaban J connectivity index is 1.85. The normalized spacial score (nSPS) is 11.0. The molecule has 0 heterocycles. The minimum atomic E-state index is -3.55. The van der Waals surface area contributed by atoms with Gasteiger partial charge in [0.2, 0.25) is 11.8 Å². The van der Waals surface area contributed by atoms with Crippen LogP contribution in [0.5, 0.6) is 0 Å². The number of rotatable bonds is 7. The molecule has 0 aromatic heterocycles. The standard InChI is InChI=1S/C18H19FN2O4S/c1-21(13-17(22)20-15-9-7-14(19)8-10-15)18(23)11-12-26(24,25)16-5-3-2-4-6-16/h2-10H,11-13H2,1H3,(H,20,22). The number of nitrogens with one attached hydrogen (secondary N) is 1. The van der Waals surface area contributed by atoms with Crippen LogP contribution in [0.15, 0.2) is 59.5 Å². The summed E-state index contributed by atoms with van der Waals surface area (Å²) in [5.74, 6) is -1.67. The molecule has 0 aliphatic rings. The molecular formula is C18H19FN2O4S. The molecule has 0 unspecified atom stereocenters. The average molecular weight is 378 g/mol. The minimum Gasteiger partial charge on any atom is -0.336 e. The maximum absolute atomic E-state index is 12.8. The summed E-state index contributed by atoms with van der Waals surface area (Å²) in [5, 5.41) is 2.54. The number of benzene rings is 2. The molecule has 0 spiro atoms. The second-order valence-corrected chi connectivity index (χ2v) is 7.80. The molecule has 0 aliphatic carbocycles. The van der Waals surface area contributed by atoms with E-state index in [0.717, 1.165) is 4.90 Å². The van der Waals surface area contributed by atoms with Crippen LogP contribution in [0.4, 0.5) is 10.1 Å². The summed E-state index contributed by atoms with van der Waals surface area (Å²) < 4.78 is 37.2.